The van der Waals surface area contributed by atoms with Gasteiger partial charge in [0.15, 0.2) is 6.10 Å². The maximum absolute atomic E-state index is 12.7. The minimum absolute atomic E-state index is 0.241. The summed E-state index contributed by atoms with van der Waals surface area (Å²) in [5.74, 6) is -0.225. The Balaban J connectivity index is 1.46. The maximum atomic E-state index is 12.7. The normalized spacial score (nSPS) is 18.4. The molecule has 36 heavy (non-hydrogen) atoms. The van der Waals surface area contributed by atoms with E-state index in [-0.39, 0.29) is 17.7 Å². The monoisotopic (exact) mass is 492 g/mol. The van der Waals surface area contributed by atoms with E-state index in [4.69, 9.17) is 13.9 Å². The molecule has 8 heteroatoms. The number of benzene rings is 2. The zero-order chi connectivity index (χ0) is 25.8. The van der Waals surface area contributed by atoms with E-state index in [1.807, 2.05) is 30.3 Å². The number of carbonyl (C=O) groups is 2. The molecule has 1 N–H and O–H groups in total. The van der Waals surface area contributed by atoms with Crippen LogP contribution in [0, 0.1) is 18.8 Å². The Bertz CT molecular complexity index is 1300. The molecule has 0 saturated heterocycles. The summed E-state index contributed by atoms with van der Waals surface area (Å²) in [4.78, 5) is 36.0. The molecule has 190 valence electrons. The molecule has 1 aromatic heterocycles. The quantitative estimate of drug-likeness (QED) is 0.480. The van der Waals surface area contributed by atoms with Crippen LogP contribution in [0.5, 0.6) is 11.5 Å². The van der Waals surface area contributed by atoms with E-state index < -0.39 is 17.7 Å². The summed E-state index contributed by atoms with van der Waals surface area (Å²) >= 11 is 0. The molecule has 1 atom stereocenters. The number of nitrogens with one attached hydrogen (secondary N) is 1. The van der Waals surface area contributed by atoms with Gasteiger partial charge in [0.1, 0.15) is 17.1 Å². The van der Waals surface area contributed by atoms with Crippen LogP contribution in [-0.4, -0.2) is 31.6 Å². The molecule has 0 unspecified atom stereocenters. The molecule has 0 bridgehead atoms. The van der Waals surface area contributed by atoms with Gasteiger partial charge in [0.2, 0.25) is 0 Å². The lowest BCUT2D eigenvalue weighted by Gasteiger charge is -2.29. The van der Waals surface area contributed by atoms with Crippen LogP contribution < -0.4 is 25.5 Å². The Kier molecular flexibility index (Phi) is 7.62. The molecule has 1 fully saturated rings. The highest BCUT2D eigenvalue weighted by molar-refractivity contribution is 5.95. The number of aliphatic carboxylic acids is 1. The summed E-state index contributed by atoms with van der Waals surface area (Å²) in [5, 5.41) is 14.7. The van der Waals surface area contributed by atoms with Gasteiger partial charge in [0, 0.05) is 29.5 Å². The van der Waals surface area contributed by atoms with E-state index in [2.05, 4.69) is 5.32 Å². The fraction of sp³-hybridized carbons (Fsp3) is 0.393. The van der Waals surface area contributed by atoms with Gasteiger partial charge in [-0.15, -0.1) is 0 Å². The molecule has 1 amide bonds. The summed E-state index contributed by atoms with van der Waals surface area (Å²) in [5.41, 5.74) is 2.14. The van der Waals surface area contributed by atoms with Crippen molar-refractivity contribution < 1.29 is 28.6 Å². The number of hydrogen-bond donors (Lipinski definition) is 1. The van der Waals surface area contributed by atoms with Crippen LogP contribution in [0.1, 0.15) is 38.2 Å². The highest BCUT2D eigenvalue weighted by Crippen LogP contribution is 2.34. The first-order chi connectivity index (χ1) is 17.3. The highest BCUT2D eigenvalue weighted by Gasteiger charge is 2.24. The third-order valence-corrected chi connectivity index (χ3v) is 6.93. The molecule has 8 nitrogen and oxygen atoms in total. The van der Waals surface area contributed by atoms with Crippen molar-refractivity contribution in [3.63, 3.8) is 0 Å². The zero-order valence-corrected chi connectivity index (χ0v) is 20.7. The summed E-state index contributed by atoms with van der Waals surface area (Å²) in [7, 11) is 1.60. The lowest BCUT2D eigenvalue weighted by atomic mass is 9.82. The van der Waals surface area contributed by atoms with E-state index in [1.54, 1.807) is 27.0 Å². The molecular formula is C28H30NO7-. The first-order valence-electron chi connectivity index (χ1n) is 12.1. The predicted octanol–water partition coefficient (Wildman–Crippen LogP) is 3.22. The zero-order valence-electron chi connectivity index (χ0n) is 20.7. The van der Waals surface area contributed by atoms with E-state index in [0.29, 0.717) is 36.3 Å². The lowest BCUT2D eigenvalue weighted by Crippen LogP contribution is -2.40. The van der Waals surface area contributed by atoms with E-state index in [0.717, 1.165) is 35.1 Å². The molecule has 3 aromatic rings. The van der Waals surface area contributed by atoms with Crippen molar-refractivity contribution >= 4 is 22.8 Å². The topological polar surface area (TPSA) is 118 Å². The van der Waals surface area contributed by atoms with E-state index in [1.165, 1.54) is 6.07 Å². The second-order valence-corrected chi connectivity index (χ2v) is 9.31. The van der Waals surface area contributed by atoms with Gasteiger partial charge in [-0.1, -0.05) is 12.1 Å². The molecule has 1 aliphatic carbocycles. The summed E-state index contributed by atoms with van der Waals surface area (Å²) in [6.45, 7) is 3.93. The molecule has 0 spiro atoms. The number of carbonyl (C=O) groups excluding carboxylic acids is 2. The van der Waals surface area contributed by atoms with E-state index in [9.17, 15) is 19.5 Å². The Labute approximate surface area is 209 Å². The molecule has 1 heterocycles. The Morgan fingerprint density at radius 2 is 1.81 bits per heavy atom. The molecular weight excluding hydrogens is 462 g/mol. The van der Waals surface area contributed by atoms with Crippen LogP contribution >= 0.6 is 0 Å². The van der Waals surface area contributed by atoms with Crippen molar-refractivity contribution in [3.05, 3.63) is 58.4 Å². The summed E-state index contributed by atoms with van der Waals surface area (Å²) in [6.07, 6.45) is 1.88. The SMILES string of the molecule is COc1ccc(-c2cc(=O)oc3c(C)c(O[C@@H](C)C(=O)NCC4CCC(C(=O)[O-])CC4)ccc23)cc1. The minimum atomic E-state index is -0.989. The number of aryl methyl sites for hydroxylation is 1. The van der Waals surface area contributed by atoms with Gasteiger partial charge in [-0.3, -0.25) is 4.79 Å². The number of hydrogen-bond acceptors (Lipinski definition) is 7. The van der Waals surface area contributed by atoms with Crippen molar-refractivity contribution in [2.45, 2.75) is 45.6 Å². The summed E-state index contributed by atoms with van der Waals surface area (Å²) < 4.78 is 16.7. The van der Waals surface area contributed by atoms with Crippen molar-refractivity contribution in [3.8, 4) is 22.6 Å². The van der Waals surface area contributed by atoms with Crippen molar-refractivity contribution in [1.29, 1.82) is 0 Å². The minimum Gasteiger partial charge on any atom is -0.550 e. The van der Waals surface area contributed by atoms with Gasteiger partial charge < -0.3 is 29.1 Å². The summed E-state index contributed by atoms with van der Waals surface area (Å²) in [6, 6.07) is 12.5. The van der Waals surface area contributed by atoms with Crippen LogP contribution in [-0.2, 0) is 9.59 Å². The van der Waals surface area contributed by atoms with Gasteiger partial charge in [-0.2, -0.15) is 0 Å². The first kappa shape index (κ1) is 25.3. The molecule has 0 aliphatic heterocycles. The fourth-order valence-electron chi connectivity index (χ4n) is 4.71. The molecule has 4 rings (SSSR count). The predicted molar refractivity (Wildman–Crippen MR) is 133 cm³/mol. The fourth-order valence-corrected chi connectivity index (χ4v) is 4.71. The molecule has 2 aromatic carbocycles. The average Bonchev–Trinajstić information content (AvgIpc) is 2.89. The Morgan fingerprint density at radius 3 is 2.44 bits per heavy atom. The molecule has 1 aliphatic rings. The molecule has 0 radical (unpaired) electrons. The van der Waals surface area contributed by atoms with Crippen LogP contribution in [0.3, 0.4) is 0 Å². The number of amides is 1. The van der Waals surface area contributed by atoms with Gasteiger partial charge in [0.25, 0.3) is 5.91 Å². The average molecular weight is 493 g/mol. The number of rotatable bonds is 8. The van der Waals surface area contributed by atoms with Crippen molar-refractivity contribution in [2.24, 2.45) is 11.8 Å². The maximum Gasteiger partial charge on any atom is 0.336 e. The van der Waals surface area contributed by atoms with Crippen LogP contribution in [0.25, 0.3) is 22.1 Å². The Morgan fingerprint density at radius 1 is 1.11 bits per heavy atom. The van der Waals surface area contributed by atoms with Crippen LogP contribution in [0.4, 0.5) is 0 Å². The van der Waals surface area contributed by atoms with Crippen molar-refractivity contribution in [2.75, 3.05) is 13.7 Å². The largest absolute Gasteiger partial charge is 0.550 e. The van der Waals surface area contributed by atoms with E-state index >= 15 is 0 Å². The van der Waals surface area contributed by atoms with Gasteiger partial charge in [0.05, 0.1) is 7.11 Å². The van der Waals surface area contributed by atoms with Gasteiger partial charge in [-0.25, -0.2) is 4.79 Å². The second kappa shape index (κ2) is 10.8. The number of carboxylic acid groups (broad SMARTS) is 1. The first-order valence-corrected chi connectivity index (χ1v) is 12.1. The van der Waals surface area contributed by atoms with Crippen LogP contribution in [0.2, 0.25) is 0 Å². The standard InChI is InChI=1S/C28H31NO7/c1-16-24(35-17(2)27(31)29-15-18-4-6-20(7-5-18)28(32)33)13-12-22-23(14-25(30)36-26(16)22)19-8-10-21(34-3)11-9-19/h8-14,17-18,20H,4-7,15H2,1-3H3,(H,29,31)(H,32,33)/p-1/t17-,18?,20?/m0/s1. The smallest absolute Gasteiger partial charge is 0.336 e. The van der Waals surface area contributed by atoms with Crippen molar-refractivity contribution in [1.82, 2.24) is 5.32 Å². The number of ether oxygens (including phenoxy) is 2. The lowest BCUT2D eigenvalue weighted by molar-refractivity contribution is -0.312. The Hall–Kier alpha value is -3.81. The number of methoxy groups -OCH3 is 1. The molecule has 1 saturated carbocycles. The second-order valence-electron chi connectivity index (χ2n) is 9.31. The number of carboxylic acids is 1. The van der Waals surface area contributed by atoms with Gasteiger partial charge in [-0.05, 0) is 86.8 Å². The third kappa shape index (κ3) is 5.53. The highest BCUT2D eigenvalue weighted by atomic mass is 16.5. The van der Waals surface area contributed by atoms with Gasteiger partial charge >= 0.3 is 5.63 Å². The van der Waals surface area contributed by atoms with Crippen LogP contribution in [0.15, 0.2) is 51.7 Å². The third-order valence-electron chi connectivity index (χ3n) is 6.93. The number of fused-ring (bicyclic) bond motifs is 1.